The van der Waals surface area contributed by atoms with Crippen molar-refractivity contribution < 1.29 is 0 Å². The fourth-order valence-corrected chi connectivity index (χ4v) is 4.06. The Hall–Kier alpha value is -1.29. The number of dihydropyridines is 1. The van der Waals surface area contributed by atoms with Crippen LogP contribution in [0.3, 0.4) is 0 Å². The lowest BCUT2D eigenvalue weighted by atomic mass is 9.95. The summed E-state index contributed by atoms with van der Waals surface area (Å²) in [6, 6.07) is 6.78. The number of piperazine rings is 1. The summed E-state index contributed by atoms with van der Waals surface area (Å²) < 4.78 is 0. The van der Waals surface area contributed by atoms with E-state index < -0.39 is 0 Å². The molecule has 1 aromatic carbocycles. The van der Waals surface area contributed by atoms with E-state index in [1.165, 1.54) is 22.4 Å². The second-order valence-corrected chi connectivity index (χ2v) is 6.69. The smallest absolute Gasteiger partial charge is 0.0757 e. The monoisotopic (exact) mass is 315 g/mol. The Morgan fingerprint density at radius 1 is 1.14 bits per heavy atom. The molecule has 1 aromatic rings. The SMILES string of the molecule is Clc1ccc2c(c1)CCC1=C(NCC=C1)C2N1CCNCC1. The van der Waals surface area contributed by atoms with Gasteiger partial charge in [-0.1, -0.05) is 29.8 Å². The fourth-order valence-electron chi connectivity index (χ4n) is 3.87. The van der Waals surface area contributed by atoms with Gasteiger partial charge in [0.05, 0.1) is 6.04 Å². The highest BCUT2D eigenvalue weighted by atomic mass is 35.5. The average Bonchev–Trinajstić information content (AvgIpc) is 2.72. The van der Waals surface area contributed by atoms with Crippen molar-refractivity contribution in [3.05, 3.63) is 57.8 Å². The summed E-state index contributed by atoms with van der Waals surface area (Å²) >= 11 is 6.25. The van der Waals surface area contributed by atoms with Gasteiger partial charge in [-0.25, -0.2) is 0 Å². The fraction of sp³-hybridized carbons (Fsp3) is 0.444. The van der Waals surface area contributed by atoms with Crippen molar-refractivity contribution in [1.82, 2.24) is 15.5 Å². The van der Waals surface area contributed by atoms with E-state index in [1.807, 2.05) is 6.07 Å². The Morgan fingerprint density at radius 2 is 2.00 bits per heavy atom. The van der Waals surface area contributed by atoms with E-state index in [0.717, 1.165) is 50.6 Å². The maximum absolute atomic E-state index is 6.25. The van der Waals surface area contributed by atoms with Gasteiger partial charge in [0.2, 0.25) is 0 Å². The number of benzene rings is 1. The van der Waals surface area contributed by atoms with Gasteiger partial charge in [0.15, 0.2) is 0 Å². The van der Waals surface area contributed by atoms with Crippen LogP contribution in [0.2, 0.25) is 5.02 Å². The van der Waals surface area contributed by atoms with Crippen LogP contribution in [0.5, 0.6) is 0 Å². The van der Waals surface area contributed by atoms with Crippen LogP contribution in [-0.2, 0) is 6.42 Å². The normalized spacial score (nSPS) is 25.2. The van der Waals surface area contributed by atoms with Crippen molar-refractivity contribution in [2.45, 2.75) is 18.9 Å². The van der Waals surface area contributed by atoms with Crippen LogP contribution in [0.1, 0.15) is 23.6 Å². The molecule has 4 rings (SSSR count). The lowest BCUT2D eigenvalue weighted by molar-refractivity contribution is 0.190. The van der Waals surface area contributed by atoms with Gasteiger partial charge in [0, 0.05) is 43.4 Å². The number of fused-ring (bicyclic) bond motifs is 1. The molecule has 2 N–H and O–H groups in total. The lowest BCUT2D eigenvalue weighted by Crippen LogP contribution is -2.47. The molecular weight excluding hydrogens is 294 g/mol. The maximum Gasteiger partial charge on any atom is 0.0757 e. The first kappa shape index (κ1) is 14.3. The van der Waals surface area contributed by atoms with E-state index in [0.29, 0.717) is 6.04 Å². The van der Waals surface area contributed by atoms with Crippen molar-refractivity contribution >= 4 is 11.6 Å². The van der Waals surface area contributed by atoms with Crippen molar-refractivity contribution in [3.63, 3.8) is 0 Å². The highest BCUT2D eigenvalue weighted by molar-refractivity contribution is 6.30. The molecule has 0 aromatic heterocycles. The third kappa shape index (κ3) is 2.58. The number of aryl methyl sites for hydroxylation is 1. The quantitative estimate of drug-likeness (QED) is 0.834. The zero-order valence-electron chi connectivity index (χ0n) is 12.7. The third-order valence-electron chi connectivity index (χ3n) is 4.93. The van der Waals surface area contributed by atoms with Crippen LogP contribution >= 0.6 is 11.6 Å². The lowest BCUT2D eigenvalue weighted by Gasteiger charge is -2.38. The molecule has 0 bridgehead atoms. The molecule has 3 nitrogen and oxygen atoms in total. The van der Waals surface area contributed by atoms with E-state index >= 15 is 0 Å². The molecule has 1 fully saturated rings. The van der Waals surface area contributed by atoms with Crippen LogP contribution in [-0.4, -0.2) is 37.6 Å². The second kappa shape index (κ2) is 6.07. The molecule has 0 amide bonds. The molecule has 0 saturated carbocycles. The van der Waals surface area contributed by atoms with E-state index in [-0.39, 0.29) is 0 Å². The minimum atomic E-state index is 0.344. The van der Waals surface area contributed by atoms with Gasteiger partial charge in [-0.15, -0.1) is 0 Å². The highest BCUT2D eigenvalue weighted by Gasteiger charge is 2.31. The molecule has 4 heteroatoms. The topological polar surface area (TPSA) is 27.3 Å². The number of hydrogen-bond donors (Lipinski definition) is 2. The predicted molar refractivity (Wildman–Crippen MR) is 91.1 cm³/mol. The molecule has 1 aliphatic carbocycles. The van der Waals surface area contributed by atoms with Crippen molar-refractivity contribution in [2.24, 2.45) is 0 Å². The first-order chi connectivity index (χ1) is 10.8. The largest absolute Gasteiger partial charge is 0.383 e. The summed E-state index contributed by atoms with van der Waals surface area (Å²) in [6.07, 6.45) is 6.71. The summed E-state index contributed by atoms with van der Waals surface area (Å²) in [4.78, 5) is 2.61. The second-order valence-electron chi connectivity index (χ2n) is 6.25. The number of rotatable bonds is 1. The molecule has 1 unspecified atom stereocenters. The minimum absolute atomic E-state index is 0.344. The van der Waals surface area contributed by atoms with E-state index in [9.17, 15) is 0 Å². The molecular formula is C18H22ClN3. The van der Waals surface area contributed by atoms with Crippen LogP contribution in [0.4, 0.5) is 0 Å². The summed E-state index contributed by atoms with van der Waals surface area (Å²) in [5, 5.41) is 7.97. The first-order valence-electron chi connectivity index (χ1n) is 8.19. The number of halogens is 1. The first-order valence-corrected chi connectivity index (χ1v) is 8.57. The number of nitrogens with one attached hydrogen (secondary N) is 2. The van der Waals surface area contributed by atoms with Gasteiger partial charge in [-0.05, 0) is 41.7 Å². The number of allylic oxidation sites excluding steroid dienone is 2. The highest BCUT2D eigenvalue weighted by Crippen LogP contribution is 2.38. The zero-order chi connectivity index (χ0) is 14.9. The van der Waals surface area contributed by atoms with Gasteiger partial charge in [0.1, 0.15) is 0 Å². The Labute approximate surface area is 137 Å². The Bertz CT molecular complexity index is 629. The number of hydrogen-bond acceptors (Lipinski definition) is 3. The summed E-state index contributed by atoms with van der Waals surface area (Å²) in [5.74, 6) is 0. The molecule has 22 heavy (non-hydrogen) atoms. The molecule has 3 aliphatic rings. The van der Waals surface area contributed by atoms with Gasteiger partial charge < -0.3 is 10.6 Å². The maximum atomic E-state index is 6.25. The zero-order valence-corrected chi connectivity index (χ0v) is 13.5. The standard InChI is InChI=1S/C18H22ClN3/c19-15-5-6-16-14(12-15)4-3-13-2-1-7-21-17(13)18(16)22-10-8-20-9-11-22/h1-2,5-6,12,18,20-21H,3-4,7-11H2. The van der Waals surface area contributed by atoms with Crippen LogP contribution in [0, 0.1) is 0 Å². The molecule has 2 aliphatic heterocycles. The summed E-state index contributed by atoms with van der Waals surface area (Å²) in [7, 11) is 0. The van der Waals surface area contributed by atoms with E-state index in [4.69, 9.17) is 11.6 Å². The van der Waals surface area contributed by atoms with Crippen molar-refractivity contribution in [3.8, 4) is 0 Å². The summed E-state index contributed by atoms with van der Waals surface area (Å²) in [6.45, 7) is 5.25. The van der Waals surface area contributed by atoms with Crippen molar-refractivity contribution in [2.75, 3.05) is 32.7 Å². The van der Waals surface area contributed by atoms with Crippen LogP contribution in [0.25, 0.3) is 0 Å². The van der Waals surface area contributed by atoms with Crippen LogP contribution in [0.15, 0.2) is 41.6 Å². The van der Waals surface area contributed by atoms with Gasteiger partial charge in [-0.2, -0.15) is 0 Å². The average molecular weight is 316 g/mol. The number of nitrogens with zero attached hydrogens (tertiary/aromatic N) is 1. The van der Waals surface area contributed by atoms with E-state index in [1.54, 1.807) is 0 Å². The Kier molecular flexibility index (Phi) is 3.95. The Balaban J connectivity index is 1.81. The molecule has 2 heterocycles. The molecule has 1 saturated heterocycles. The van der Waals surface area contributed by atoms with Crippen LogP contribution < -0.4 is 10.6 Å². The molecule has 116 valence electrons. The van der Waals surface area contributed by atoms with Gasteiger partial charge in [-0.3, -0.25) is 4.90 Å². The minimum Gasteiger partial charge on any atom is -0.383 e. The molecule has 1 atom stereocenters. The molecule has 0 spiro atoms. The van der Waals surface area contributed by atoms with E-state index in [2.05, 4.69) is 39.8 Å². The Morgan fingerprint density at radius 3 is 2.86 bits per heavy atom. The van der Waals surface area contributed by atoms with Gasteiger partial charge >= 0.3 is 0 Å². The van der Waals surface area contributed by atoms with Gasteiger partial charge in [0.25, 0.3) is 0 Å². The predicted octanol–water partition coefficient (Wildman–Crippen LogP) is 2.65. The molecule has 0 radical (unpaired) electrons. The van der Waals surface area contributed by atoms with Crippen molar-refractivity contribution in [1.29, 1.82) is 0 Å². The third-order valence-corrected chi connectivity index (χ3v) is 5.16. The summed E-state index contributed by atoms with van der Waals surface area (Å²) in [5.41, 5.74) is 5.70.